The van der Waals surface area contributed by atoms with Crippen LogP contribution >= 0.6 is 0 Å². The van der Waals surface area contributed by atoms with Crippen LogP contribution in [-0.4, -0.2) is 168 Å². The highest BCUT2D eigenvalue weighted by atomic mass is 16.8. The summed E-state index contributed by atoms with van der Waals surface area (Å²) in [6, 6.07) is 0. The predicted octanol–water partition coefficient (Wildman–Crippen LogP) is 1.59. The molecule has 10 N–H and O–H groups in total. The van der Waals surface area contributed by atoms with E-state index in [0.717, 1.165) is 44.9 Å². The van der Waals surface area contributed by atoms with Crippen LogP contribution in [0.2, 0.25) is 0 Å². The molecule has 5 aliphatic carbocycles. The first-order valence-electron chi connectivity index (χ1n) is 24.1. The minimum atomic E-state index is -2.02. The molecule has 0 radical (unpaired) electrons. The van der Waals surface area contributed by atoms with Crippen LogP contribution in [0.3, 0.4) is 0 Å². The Balaban J connectivity index is 1.06. The van der Waals surface area contributed by atoms with Gasteiger partial charge in [-0.15, -0.1) is 0 Å². The first-order chi connectivity index (χ1) is 30.2. The number of aliphatic hydroxyl groups is 9. The second-order valence-electron chi connectivity index (χ2n) is 23.8. The Labute approximate surface area is 382 Å². The Morgan fingerprint density at radius 1 is 0.631 bits per heavy atom. The van der Waals surface area contributed by atoms with Crippen LogP contribution in [0.25, 0.3) is 0 Å². The van der Waals surface area contributed by atoms with Gasteiger partial charge in [0.2, 0.25) is 0 Å². The number of carbonyl (C=O) groups is 1. The fourth-order valence-corrected chi connectivity index (χ4v) is 15.2. The van der Waals surface area contributed by atoms with Crippen LogP contribution in [0.5, 0.6) is 0 Å². The summed E-state index contributed by atoms with van der Waals surface area (Å²) < 4.78 is 36.4. The lowest BCUT2D eigenvalue weighted by Gasteiger charge is -2.72. The number of carboxylic acids is 1. The molecule has 65 heavy (non-hydrogen) atoms. The topological polar surface area (TPSA) is 275 Å². The first kappa shape index (κ1) is 50.0. The van der Waals surface area contributed by atoms with E-state index in [2.05, 4.69) is 67.5 Å². The average Bonchev–Trinajstić information content (AvgIpc) is 3.22. The van der Waals surface area contributed by atoms with Crippen molar-refractivity contribution in [3.8, 4) is 0 Å². The van der Waals surface area contributed by atoms with E-state index in [0.29, 0.717) is 18.3 Å². The van der Waals surface area contributed by atoms with Gasteiger partial charge in [0.05, 0.1) is 24.9 Å². The zero-order chi connectivity index (χ0) is 47.7. The standard InChI is InChI=1S/C48H78O17/c1-21-29(51)31(53)35(57)40(60-21)64-37-32(54)30(52)24(20-49)61-41(37)65-38-34(56)33(55)36(39(58)59)63-42(38)62-28-13-14-46(7)25(44(28,4)5)12-15-48(9)26(46)11-10-22-23-18-43(2,3)19-27(50)45(23,6)16-17-47(22,48)8/h10-11,21-38,40-42,49-57H,12-20H2,1-9H3,(H,58,59)/t21-,22+,23+,24-,25-,26+,27+,28-,29-,30-,31+,32+,33+,34+,35-,36+,37-,38-,40+,41+,42-,45+,46-,47+,48+/m0/s1. The van der Waals surface area contributed by atoms with Gasteiger partial charge in [-0.1, -0.05) is 67.5 Å². The van der Waals surface area contributed by atoms with Gasteiger partial charge in [0.15, 0.2) is 25.0 Å². The Hall–Kier alpha value is -1.39. The lowest BCUT2D eigenvalue weighted by atomic mass is 9.33. The molecule has 0 aromatic rings. The largest absolute Gasteiger partial charge is 0.479 e. The van der Waals surface area contributed by atoms with Gasteiger partial charge in [0.25, 0.3) is 0 Å². The second-order valence-corrected chi connectivity index (χ2v) is 23.8. The molecule has 372 valence electrons. The highest BCUT2D eigenvalue weighted by Gasteiger charge is 2.70. The number of aliphatic hydroxyl groups excluding tert-OH is 9. The Morgan fingerprint density at radius 2 is 1.26 bits per heavy atom. The second kappa shape index (κ2) is 17.2. The summed E-state index contributed by atoms with van der Waals surface area (Å²) in [5, 5.41) is 108. The third kappa shape index (κ3) is 7.81. The van der Waals surface area contributed by atoms with Crippen molar-refractivity contribution in [2.75, 3.05) is 6.61 Å². The summed E-state index contributed by atoms with van der Waals surface area (Å²) in [7, 11) is 0. The van der Waals surface area contributed by atoms with Crippen LogP contribution in [-0.2, 0) is 33.2 Å². The van der Waals surface area contributed by atoms with E-state index in [4.69, 9.17) is 28.4 Å². The zero-order valence-electron chi connectivity index (χ0n) is 39.5. The molecule has 17 heteroatoms. The molecule has 0 bridgehead atoms. The molecule has 4 saturated carbocycles. The Kier molecular flexibility index (Phi) is 13.2. The number of rotatable bonds is 8. The van der Waals surface area contributed by atoms with Crippen molar-refractivity contribution in [2.24, 2.45) is 56.2 Å². The van der Waals surface area contributed by atoms with E-state index >= 15 is 0 Å². The third-order valence-electron chi connectivity index (χ3n) is 19.4. The summed E-state index contributed by atoms with van der Waals surface area (Å²) in [4.78, 5) is 12.5. The molecule has 0 amide bonds. The van der Waals surface area contributed by atoms with E-state index in [1.165, 1.54) is 6.92 Å². The summed E-state index contributed by atoms with van der Waals surface area (Å²) >= 11 is 0. The maximum Gasteiger partial charge on any atom is 0.335 e. The van der Waals surface area contributed by atoms with Crippen molar-refractivity contribution in [2.45, 2.75) is 218 Å². The van der Waals surface area contributed by atoms with E-state index in [1.54, 1.807) is 0 Å². The van der Waals surface area contributed by atoms with E-state index in [9.17, 15) is 55.9 Å². The molecular weight excluding hydrogens is 849 g/mol. The smallest absolute Gasteiger partial charge is 0.335 e. The van der Waals surface area contributed by atoms with Crippen LogP contribution in [0.1, 0.15) is 114 Å². The monoisotopic (exact) mass is 927 g/mol. The molecule has 17 nitrogen and oxygen atoms in total. The molecule has 25 atom stereocenters. The maximum atomic E-state index is 12.5. The molecule has 3 saturated heterocycles. The highest BCUT2D eigenvalue weighted by molar-refractivity contribution is 5.73. The SMILES string of the molecule is C[C@@H]1O[C@H](O[C@@H]2[C@@H](O[C@@H]3[C@@H](O[C@H]4CC[C@]5(C)[C@H]6C=C[C@@H]7[C@H]8CC(C)(C)C[C@@H](O)[C@]8(C)CC[C@@]7(C)[C@]6(C)CC[C@H]5C4(C)C)O[C@@H](C(=O)O)[C@H](O)[C@H]3O)O[C@@H](CO)[C@H](O)[C@H]2O)[C@@H](O)[C@H](O)[C@H]1O. The molecule has 0 spiro atoms. The minimum absolute atomic E-state index is 0.0143. The van der Waals surface area contributed by atoms with Gasteiger partial charge in [0.1, 0.15) is 61.0 Å². The van der Waals surface area contributed by atoms with Gasteiger partial charge in [0, 0.05) is 0 Å². The van der Waals surface area contributed by atoms with Gasteiger partial charge in [-0.2, -0.15) is 0 Å². The number of ether oxygens (including phenoxy) is 6. The normalized spacial score (nSPS) is 56.1. The molecular formula is C48H78O17. The van der Waals surface area contributed by atoms with E-state index in [1.807, 2.05) is 0 Å². The van der Waals surface area contributed by atoms with Gasteiger partial charge in [-0.05, 0) is 114 Å². The molecule has 7 fully saturated rings. The van der Waals surface area contributed by atoms with Crippen LogP contribution in [0, 0.1) is 56.2 Å². The lowest BCUT2D eigenvalue weighted by molar-refractivity contribution is -0.395. The van der Waals surface area contributed by atoms with Crippen molar-refractivity contribution in [1.82, 2.24) is 0 Å². The number of aliphatic carboxylic acids is 1. The number of fused-ring (bicyclic) bond motifs is 7. The van der Waals surface area contributed by atoms with Crippen molar-refractivity contribution in [3.05, 3.63) is 12.2 Å². The third-order valence-corrected chi connectivity index (χ3v) is 19.4. The molecule has 3 aliphatic heterocycles. The fraction of sp³-hybridized carbons (Fsp3) is 0.938. The molecule has 8 aliphatic rings. The Bertz CT molecular complexity index is 1780. The van der Waals surface area contributed by atoms with Crippen molar-refractivity contribution >= 4 is 5.97 Å². The highest BCUT2D eigenvalue weighted by Crippen LogP contribution is 2.75. The molecule has 0 aromatic heterocycles. The quantitative estimate of drug-likeness (QED) is 0.122. The molecule has 0 unspecified atom stereocenters. The zero-order valence-corrected chi connectivity index (χ0v) is 39.5. The van der Waals surface area contributed by atoms with Crippen LogP contribution in [0.4, 0.5) is 0 Å². The lowest BCUT2D eigenvalue weighted by Crippen LogP contribution is -2.68. The molecule has 8 rings (SSSR count). The van der Waals surface area contributed by atoms with E-state index in [-0.39, 0.29) is 45.0 Å². The van der Waals surface area contributed by atoms with Gasteiger partial charge in [-0.3, -0.25) is 0 Å². The predicted molar refractivity (Wildman–Crippen MR) is 229 cm³/mol. The summed E-state index contributed by atoms with van der Waals surface area (Å²) in [5.74, 6) is -0.460. The molecule has 0 aromatic carbocycles. The number of carboxylic acid groups (broad SMARTS) is 1. The van der Waals surface area contributed by atoms with Gasteiger partial charge < -0.3 is 79.5 Å². The fourth-order valence-electron chi connectivity index (χ4n) is 15.2. The van der Waals surface area contributed by atoms with Crippen molar-refractivity contribution in [3.63, 3.8) is 0 Å². The Morgan fingerprint density at radius 3 is 1.91 bits per heavy atom. The van der Waals surface area contributed by atoms with Crippen molar-refractivity contribution < 1.29 is 84.3 Å². The van der Waals surface area contributed by atoms with Crippen LogP contribution in [0.15, 0.2) is 12.2 Å². The van der Waals surface area contributed by atoms with Crippen LogP contribution < -0.4 is 0 Å². The number of hydrogen-bond donors (Lipinski definition) is 10. The maximum absolute atomic E-state index is 12.5. The summed E-state index contributed by atoms with van der Waals surface area (Å²) in [6.45, 7) is 19.2. The van der Waals surface area contributed by atoms with Gasteiger partial charge >= 0.3 is 5.97 Å². The van der Waals surface area contributed by atoms with E-state index < -0.39 is 116 Å². The molecule has 3 heterocycles. The number of allylic oxidation sites excluding steroid dienone is 2. The number of hydrogen-bond acceptors (Lipinski definition) is 16. The average molecular weight is 927 g/mol. The van der Waals surface area contributed by atoms with Crippen molar-refractivity contribution in [1.29, 1.82) is 0 Å². The first-order valence-corrected chi connectivity index (χ1v) is 24.1. The van der Waals surface area contributed by atoms with Gasteiger partial charge in [-0.25, -0.2) is 4.79 Å². The minimum Gasteiger partial charge on any atom is -0.479 e. The summed E-state index contributed by atoms with van der Waals surface area (Å²) in [5.41, 5.74) is -0.776. The summed E-state index contributed by atoms with van der Waals surface area (Å²) in [6.07, 6.45) is -14.4.